The SMILES string of the molecule is CC(c1ccc(F)cc1)N(C)CC(=O)NN1C(=O)NC2(CCCCC2)C1=O. The first-order valence-electron chi connectivity index (χ1n) is 9.24. The van der Waals surface area contributed by atoms with Crippen LogP contribution in [0.1, 0.15) is 50.6 Å². The average molecular weight is 376 g/mol. The Bertz CT molecular complexity index is 731. The summed E-state index contributed by atoms with van der Waals surface area (Å²) in [5.41, 5.74) is 2.43. The fourth-order valence-electron chi connectivity index (χ4n) is 3.74. The fraction of sp³-hybridized carbons (Fsp3) is 0.526. The van der Waals surface area contributed by atoms with Gasteiger partial charge in [-0.15, -0.1) is 0 Å². The predicted octanol–water partition coefficient (Wildman–Crippen LogP) is 2.10. The minimum absolute atomic E-state index is 0.0113. The zero-order valence-electron chi connectivity index (χ0n) is 15.6. The number of hydrogen-bond acceptors (Lipinski definition) is 4. The molecule has 7 nitrogen and oxygen atoms in total. The van der Waals surface area contributed by atoms with Gasteiger partial charge in [-0.1, -0.05) is 31.4 Å². The summed E-state index contributed by atoms with van der Waals surface area (Å²) in [5.74, 6) is -1.15. The summed E-state index contributed by atoms with van der Waals surface area (Å²) in [6, 6.07) is 5.36. The number of likely N-dealkylation sites (N-methyl/N-ethyl adjacent to an activating group) is 1. The van der Waals surface area contributed by atoms with Gasteiger partial charge in [0.25, 0.3) is 11.8 Å². The van der Waals surface area contributed by atoms with Crippen LogP contribution in [0.5, 0.6) is 0 Å². The van der Waals surface area contributed by atoms with Crippen LogP contribution in [-0.4, -0.2) is 46.9 Å². The monoisotopic (exact) mass is 376 g/mol. The number of amides is 4. The van der Waals surface area contributed by atoms with Gasteiger partial charge in [0.1, 0.15) is 11.4 Å². The summed E-state index contributed by atoms with van der Waals surface area (Å²) in [7, 11) is 1.75. The molecule has 3 rings (SSSR count). The first-order valence-corrected chi connectivity index (χ1v) is 9.24. The highest BCUT2D eigenvalue weighted by molar-refractivity contribution is 6.08. The molecule has 1 aliphatic heterocycles. The number of nitrogens with one attached hydrogen (secondary N) is 2. The van der Waals surface area contributed by atoms with Gasteiger partial charge in [-0.25, -0.2) is 9.18 Å². The molecule has 1 aromatic carbocycles. The van der Waals surface area contributed by atoms with Gasteiger partial charge in [0.15, 0.2) is 0 Å². The lowest BCUT2D eigenvalue weighted by Crippen LogP contribution is -2.52. The zero-order chi connectivity index (χ0) is 19.6. The van der Waals surface area contributed by atoms with Crippen LogP contribution >= 0.6 is 0 Å². The van der Waals surface area contributed by atoms with E-state index in [1.54, 1.807) is 24.1 Å². The lowest BCUT2D eigenvalue weighted by atomic mass is 9.82. The number of imide groups is 1. The molecule has 1 heterocycles. The second-order valence-corrected chi connectivity index (χ2v) is 7.39. The van der Waals surface area contributed by atoms with Crippen molar-refractivity contribution in [1.82, 2.24) is 20.7 Å². The van der Waals surface area contributed by atoms with Crippen LogP contribution in [0.15, 0.2) is 24.3 Å². The van der Waals surface area contributed by atoms with Gasteiger partial charge in [0, 0.05) is 6.04 Å². The second kappa shape index (κ2) is 7.64. The number of carbonyl (C=O) groups excluding carboxylic acids is 3. The lowest BCUT2D eigenvalue weighted by molar-refractivity contribution is -0.140. The van der Waals surface area contributed by atoms with Crippen molar-refractivity contribution in [2.75, 3.05) is 13.6 Å². The third kappa shape index (κ3) is 3.95. The Labute approximate surface area is 157 Å². The molecular weight excluding hydrogens is 351 g/mol. The van der Waals surface area contributed by atoms with E-state index in [-0.39, 0.29) is 24.3 Å². The number of hydrazine groups is 1. The number of halogens is 1. The Morgan fingerprint density at radius 3 is 2.52 bits per heavy atom. The van der Waals surface area contributed by atoms with Gasteiger partial charge in [-0.05, 0) is 44.5 Å². The summed E-state index contributed by atoms with van der Waals surface area (Å²) in [6.45, 7) is 1.88. The largest absolute Gasteiger partial charge is 0.344 e. The van der Waals surface area contributed by atoms with Crippen LogP contribution in [0, 0.1) is 5.82 Å². The number of hydrogen-bond donors (Lipinski definition) is 2. The van der Waals surface area contributed by atoms with Gasteiger partial charge >= 0.3 is 6.03 Å². The number of urea groups is 1. The van der Waals surface area contributed by atoms with E-state index in [1.807, 2.05) is 6.92 Å². The van der Waals surface area contributed by atoms with Crippen molar-refractivity contribution in [1.29, 1.82) is 0 Å². The fourth-order valence-corrected chi connectivity index (χ4v) is 3.74. The highest BCUT2D eigenvalue weighted by Gasteiger charge is 2.52. The quantitative estimate of drug-likeness (QED) is 0.771. The summed E-state index contributed by atoms with van der Waals surface area (Å²) in [5, 5.41) is 3.56. The molecule has 8 heteroatoms. The van der Waals surface area contributed by atoms with E-state index in [1.165, 1.54) is 12.1 Å². The minimum Gasteiger partial charge on any atom is -0.322 e. The number of carbonyl (C=O) groups is 3. The lowest BCUT2D eigenvalue weighted by Gasteiger charge is -2.30. The Morgan fingerprint density at radius 1 is 1.26 bits per heavy atom. The van der Waals surface area contributed by atoms with Crippen LogP contribution < -0.4 is 10.7 Å². The van der Waals surface area contributed by atoms with Crippen LogP contribution in [0.3, 0.4) is 0 Å². The molecule has 1 spiro atoms. The number of rotatable bonds is 5. The van der Waals surface area contributed by atoms with E-state index in [4.69, 9.17) is 0 Å². The average Bonchev–Trinajstić information content (AvgIpc) is 2.86. The molecule has 0 bridgehead atoms. The Kier molecular flexibility index (Phi) is 5.46. The molecule has 1 unspecified atom stereocenters. The molecular formula is C19H25FN4O3. The maximum atomic E-state index is 13.1. The molecule has 4 amide bonds. The Balaban J connectivity index is 1.59. The molecule has 1 atom stereocenters. The molecule has 1 aromatic rings. The van der Waals surface area contributed by atoms with E-state index in [0.717, 1.165) is 29.8 Å². The topological polar surface area (TPSA) is 81.8 Å². The Hall–Kier alpha value is -2.48. The maximum Gasteiger partial charge on any atom is 0.344 e. The van der Waals surface area contributed by atoms with E-state index in [2.05, 4.69) is 10.7 Å². The van der Waals surface area contributed by atoms with Crippen molar-refractivity contribution in [2.24, 2.45) is 0 Å². The van der Waals surface area contributed by atoms with Crippen LogP contribution in [0.25, 0.3) is 0 Å². The molecule has 1 saturated heterocycles. The second-order valence-electron chi connectivity index (χ2n) is 7.39. The minimum atomic E-state index is -0.865. The van der Waals surface area contributed by atoms with E-state index >= 15 is 0 Å². The number of nitrogens with zero attached hydrogens (tertiary/aromatic N) is 2. The van der Waals surface area contributed by atoms with Gasteiger partial charge < -0.3 is 5.32 Å². The summed E-state index contributed by atoms with van der Waals surface area (Å²) in [6.07, 6.45) is 4.01. The zero-order valence-corrected chi connectivity index (χ0v) is 15.6. The molecule has 1 saturated carbocycles. The van der Waals surface area contributed by atoms with Crippen molar-refractivity contribution in [2.45, 2.75) is 50.6 Å². The van der Waals surface area contributed by atoms with Crippen molar-refractivity contribution < 1.29 is 18.8 Å². The maximum absolute atomic E-state index is 13.1. The van der Waals surface area contributed by atoms with Crippen LogP contribution in [0.4, 0.5) is 9.18 Å². The van der Waals surface area contributed by atoms with Crippen LogP contribution in [0.2, 0.25) is 0 Å². The van der Waals surface area contributed by atoms with Gasteiger partial charge in [-0.3, -0.25) is 19.9 Å². The van der Waals surface area contributed by atoms with E-state index in [9.17, 15) is 18.8 Å². The summed E-state index contributed by atoms with van der Waals surface area (Å²) >= 11 is 0. The standard InChI is InChI=1S/C19H25FN4O3/c1-13(14-6-8-15(20)9-7-14)23(2)12-16(25)22-24-17(26)19(21-18(24)27)10-4-3-5-11-19/h6-9,13H,3-5,10-12H2,1-2H3,(H,21,27)(H,22,25). The first kappa shape index (κ1) is 19.3. The summed E-state index contributed by atoms with van der Waals surface area (Å²) < 4.78 is 13.1. The molecule has 1 aliphatic carbocycles. The van der Waals surface area contributed by atoms with E-state index < -0.39 is 17.5 Å². The van der Waals surface area contributed by atoms with Crippen LogP contribution in [-0.2, 0) is 9.59 Å². The van der Waals surface area contributed by atoms with Gasteiger partial charge in [0.05, 0.1) is 6.54 Å². The summed E-state index contributed by atoms with van der Waals surface area (Å²) in [4.78, 5) is 39.0. The van der Waals surface area contributed by atoms with Crippen molar-refractivity contribution in [3.63, 3.8) is 0 Å². The molecule has 2 fully saturated rings. The molecule has 0 aromatic heterocycles. The van der Waals surface area contributed by atoms with Gasteiger partial charge in [-0.2, -0.15) is 5.01 Å². The van der Waals surface area contributed by atoms with Crippen molar-refractivity contribution >= 4 is 17.8 Å². The van der Waals surface area contributed by atoms with Crippen molar-refractivity contribution in [3.05, 3.63) is 35.6 Å². The van der Waals surface area contributed by atoms with E-state index in [0.29, 0.717) is 12.8 Å². The Morgan fingerprint density at radius 2 is 1.89 bits per heavy atom. The highest BCUT2D eigenvalue weighted by Crippen LogP contribution is 2.33. The molecule has 0 radical (unpaired) electrons. The third-order valence-electron chi connectivity index (χ3n) is 5.51. The molecule has 27 heavy (non-hydrogen) atoms. The molecule has 2 N–H and O–H groups in total. The normalized spacial score (nSPS) is 20.1. The molecule has 2 aliphatic rings. The van der Waals surface area contributed by atoms with Gasteiger partial charge in [0.2, 0.25) is 0 Å². The highest BCUT2D eigenvalue weighted by atomic mass is 19.1. The molecule has 146 valence electrons. The third-order valence-corrected chi connectivity index (χ3v) is 5.51. The number of benzene rings is 1. The smallest absolute Gasteiger partial charge is 0.322 e. The van der Waals surface area contributed by atoms with Crippen molar-refractivity contribution in [3.8, 4) is 0 Å². The first-order chi connectivity index (χ1) is 12.8. The predicted molar refractivity (Wildman–Crippen MR) is 96.8 cm³/mol.